The average molecular weight is 382 g/mol. The van der Waals surface area contributed by atoms with Crippen molar-refractivity contribution in [3.05, 3.63) is 59.0 Å². The fraction of sp³-hybridized carbons (Fsp3) is 0.238. The third-order valence-corrected chi connectivity index (χ3v) is 5.04. The smallest absolute Gasteiger partial charge is 0.308 e. The molecule has 0 unspecified atom stereocenters. The molecule has 0 bridgehead atoms. The summed E-state index contributed by atoms with van der Waals surface area (Å²) in [5.74, 6) is -0.129. The second-order valence-corrected chi connectivity index (χ2v) is 7.05. The molecule has 3 aromatic rings. The van der Waals surface area contributed by atoms with Crippen molar-refractivity contribution in [3.63, 3.8) is 0 Å². The van der Waals surface area contributed by atoms with Gasteiger partial charge >= 0.3 is 5.97 Å². The van der Waals surface area contributed by atoms with E-state index in [1.807, 2.05) is 43.3 Å². The predicted molar refractivity (Wildman–Crippen MR) is 109 cm³/mol. The van der Waals surface area contributed by atoms with Crippen LogP contribution in [0.15, 0.2) is 48.5 Å². The Hall–Kier alpha value is -2.86. The van der Waals surface area contributed by atoms with Crippen LogP contribution in [0.3, 0.4) is 0 Å². The van der Waals surface area contributed by atoms with Gasteiger partial charge in [-0.3, -0.25) is 4.79 Å². The largest absolute Gasteiger partial charge is 0.492 e. The third-order valence-electron chi connectivity index (χ3n) is 4.07. The van der Waals surface area contributed by atoms with Crippen LogP contribution >= 0.6 is 11.3 Å². The second-order valence-electron chi connectivity index (χ2n) is 5.97. The number of aromatic nitrogens is 1. The third kappa shape index (κ3) is 4.65. The first-order valence-electron chi connectivity index (χ1n) is 8.90. The van der Waals surface area contributed by atoms with E-state index in [2.05, 4.69) is 29.4 Å². The zero-order valence-electron chi connectivity index (χ0n) is 15.4. The first-order valence-corrected chi connectivity index (χ1v) is 9.72. The molecule has 0 aliphatic carbocycles. The van der Waals surface area contributed by atoms with Gasteiger partial charge in [-0.05, 0) is 31.0 Å². The number of nitrogens with one attached hydrogen (secondary N) is 1. The molecular weight excluding hydrogens is 360 g/mol. The number of benzene rings is 2. The summed E-state index contributed by atoms with van der Waals surface area (Å²) in [7, 11) is 0. The molecule has 0 amide bonds. The topological polar surface area (TPSA) is 71.5 Å². The normalized spacial score (nSPS) is 10.6. The zero-order chi connectivity index (χ0) is 19.2. The van der Waals surface area contributed by atoms with Crippen molar-refractivity contribution < 1.29 is 14.6 Å². The summed E-state index contributed by atoms with van der Waals surface area (Å²) < 4.78 is 5.64. The van der Waals surface area contributed by atoms with Crippen LogP contribution in [-0.2, 0) is 17.6 Å². The minimum Gasteiger partial charge on any atom is -0.492 e. The predicted octanol–water partition coefficient (Wildman–Crippen LogP) is 5.14. The van der Waals surface area contributed by atoms with Gasteiger partial charge in [0, 0.05) is 10.4 Å². The summed E-state index contributed by atoms with van der Waals surface area (Å²) in [5.41, 5.74) is 3.67. The maximum Gasteiger partial charge on any atom is 0.308 e. The molecule has 0 aliphatic rings. The monoisotopic (exact) mass is 382 g/mol. The van der Waals surface area contributed by atoms with E-state index in [-0.39, 0.29) is 6.42 Å². The van der Waals surface area contributed by atoms with Gasteiger partial charge in [0.25, 0.3) is 0 Å². The number of carboxylic acid groups (broad SMARTS) is 1. The molecule has 0 spiro atoms. The van der Waals surface area contributed by atoms with Gasteiger partial charge in [-0.25, -0.2) is 4.98 Å². The van der Waals surface area contributed by atoms with Gasteiger partial charge in [-0.15, -0.1) is 11.3 Å². The van der Waals surface area contributed by atoms with Gasteiger partial charge in [-0.1, -0.05) is 43.3 Å². The summed E-state index contributed by atoms with van der Waals surface area (Å²) in [6.45, 7) is 4.60. The fourth-order valence-corrected chi connectivity index (χ4v) is 3.74. The Morgan fingerprint density at radius 1 is 1.15 bits per heavy atom. The first-order chi connectivity index (χ1) is 13.1. The average Bonchev–Trinajstić information content (AvgIpc) is 3.05. The van der Waals surface area contributed by atoms with E-state index in [0.717, 1.165) is 28.3 Å². The number of aliphatic carboxylic acids is 1. The lowest BCUT2D eigenvalue weighted by Crippen LogP contribution is -1.99. The minimum atomic E-state index is -0.869. The van der Waals surface area contributed by atoms with Crippen LogP contribution in [0.2, 0.25) is 0 Å². The molecule has 5 nitrogen and oxygen atoms in total. The highest BCUT2D eigenvalue weighted by Gasteiger charge is 2.17. The molecule has 2 N–H and O–H groups in total. The zero-order valence-corrected chi connectivity index (χ0v) is 16.2. The van der Waals surface area contributed by atoms with Gasteiger partial charge in [0.05, 0.1) is 24.4 Å². The summed E-state index contributed by atoms with van der Waals surface area (Å²) in [6, 6.07) is 15.7. The van der Waals surface area contributed by atoms with Crippen molar-refractivity contribution >= 4 is 28.1 Å². The molecule has 0 aliphatic heterocycles. The van der Waals surface area contributed by atoms with Crippen LogP contribution in [0.25, 0.3) is 11.3 Å². The molecule has 3 rings (SSSR count). The Labute approximate surface area is 162 Å². The van der Waals surface area contributed by atoms with Crippen molar-refractivity contribution in [2.75, 3.05) is 11.9 Å². The highest BCUT2D eigenvalue weighted by molar-refractivity contribution is 7.16. The van der Waals surface area contributed by atoms with Gasteiger partial charge in [0.15, 0.2) is 5.13 Å². The summed E-state index contributed by atoms with van der Waals surface area (Å²) in [6.07, 6.45) is 0.900. The van der Waals surface area contributed by atoms with E-state index in [9.17, 15) is 9.90 Å². The highest BCUT2D eigenvalue weighted by Crippen LogP contribution is 2.35. The summed E-state index contributed by atoms with van der Waals surface area (Å²) >= 11 is 1.36. The molecule has 0 radical (unpaired) electrons. The Kier molecular flexibility index (Phi) is 6.08. The van der Waals surface area contributed by atoms with Crippen LogP contribution in [0.4, 0.5) is 10.8 Å². The van der Waals surface area contributed by atoms with E-state index in [4.69, 9.17) is 4.74 Å². The van der Waals surface area contributed by atoms with Gasteiger partial charge in [-0.2, -0.15) is 0 Å². The number of anilines is 2. The standard InChI is InChI=1S/C21H22N2O3S/c1-3-14-9-11-15(12-10-14)20-18(13-19(24)25)27-21(23-20)22-16-7-5-6-8-17(16)26-4-2/h5-12H,3-4,13H2,1-2H3,(H,22,23)(H,24,25). The molecule has 0 saturated carbocycles. The van der Waals surface area contributed by atoms with Crippen LogP contribution in [0.1, 0.15) is 24.3 Å². The molecule has 1 aromatic heterocycles. The van der Waals surface area contributed by atoms with Gasteiger partial charge in [0.2, 0.25) is 0 Å². The number of ether oxygens (including phenoxy) is 1. The maximum absolute atomic E-state index is 11.3. The number of para-hydroxylation sites is 2. The molecule has 0 fully saturated rings. The summed E-state index contributed by atoms with van der Waals surface area (Å²) in [5, 5.41) is 13.2. The molecule has 2 aromatic carbocycles. The number of aryl methyl sites for hydroxylation is 1. The Morgan fingerprint density at radius 3 is 2.56 bits per heavy atom. The van der Waals surface area contributed by atoms with Crippen LogP contribution in [-0.4, -0.2) is 22.7 Å². The Bertz CT molecular complexity index is 919. The number of carbonyl (C=O) groups is 1. The Balaban J connectivity index is 1.95. The lowest BCUT2D eigenvalue weighted by atomic mass is 10.1. The first kappa shape index (κ1) is 18.9. The van der Waals surface area contributed by atoms with Crippen molar-refractivity contribution in [3.8, 4) is 17.0 Å². The number of hydrogen-bond acceptors (Lipinski definition) is 5. The van der Waals surface area contributed by atoms with Crippen molar-refractivity contribution in [1.82, 2.24) is 4.98 Å². The molecule has 1 heterocycles. The fourth-order valence-electron chi connectivity index (χ4n) is 2.75. The summed E-state index contributed by atoms with van der Waals surface area (Å²) in [4.78, 5) is 16.7. The number of thiazole rings is 1. The molecule has 0 saturated heterocycles. The second kappa shape index (κ2) is 8.68. The molecule has 27 heavy (non-hydrogen) atoms. The molecule has 140 valence electrons. The number of hydrogen-bond donors (Lipinski definition) is 2. The van der Waals surface area contributed by atoms with Crippen LogP contribution in [0, 0.1) is 0 Å². The number of carboxylic acids is 1. The van der Waals surface area contributed by atoms with Crippen molar-refractivity contribution in [2.24, 2.45) is 0 Å². The van der Waals surface area contributed by atoms with Gasteiger partial charge in [0.1, 0.15) is 5.75 Å². The molecule has 0 atom stereocenters. The number of nitrogens with zero attached hydrogens (tertiary/aromatic N) is 1. The highest BCUT2D eigenvalue weighted by atomic mass is 32.1. The minimum absolute atomic E-state index is 0.0582. The quantitative estimate of drug-likeness (QED) is 0.564. The van der Waals surface area contributed by atoms with E-state index in [1.165, 1.54) is 16.9 Å². The van der Waals surface area contributed by atoms with E-state index < -0.39 is 5.97 Å². The van der Waals surface area contributed by atoms with Gasteiger partial charge < -0.3 is 15.2 Å². The molecule has 6 heteroatoms. The van der Waals surface area contributed by atoms with E-state index >= 15 is 0 Å². The lowest BCUT2D eigenvalue weighted by molar-refractivity contribution is -0.136. The SMILES string of the molecule is CCOc1ccccc1Nc1nc(-c2ccc(CC)cc2)c(CC(=O)O)s1. The van der Waals surface area contributed by atoms with Crippen molar-refractivity contribution in [2.45, 2.75) is 26.7 Å². The number of rotatable bonds is 8. The Morgan fingerprint density at radius 2 is 1.89 bits per heavy atom. The van der Waals surface area contributed by atoms with Crippen molar-refractivity contribution in [1.29, 1.82) is 0 Å². The van der Waals surface area contributed by atoms with Crippen LogP contribution in [0.5, 0.6) is 5.75 Å². The van der Waals surface area contributed by atoms with E-state index in [0.29, 0.717) is 17.4 Å². The van der Waals surface area contributed by atoms with Crippen LogP contribution < -0.4 is 10.1 Å². The maximum atomic E-state index is 11.3. The molecular formula is C21H22N2O3S. The van der Waals surface area contributed by atoms with E-state index in [1.54, 1.807) is 0 Å². The lowest BCUT2D eigenvalue weighted by Gasteiger charge is -2.09.